The summed E-state index contributed by atoms with van der Waals surface area (Å²) < 4.78 is 45.0. The number of nitrogens with zero attached hydrogens (tertiary/aromatic N) is 2. The molecule has 0 radical (unpaired) electrons. The smallest absolute Gasteiger partial charge is 0.323 e. The molecule has 0 unspecified atom stereocenters. The van der Waals surface area contributed by atoms with Gasteiger partial charge < -0.3 is 34.9 Å². The maximum Gasteiger partial charge on any atom is 0.323 e. The third kappa shape index (κ3) is 6.38. The van der Waals surface area contributed by atoms with Crippen molar-refractivity contribution in [1.29, 1.82) is 0 Å². The largest absolute Gasteiger partial charge is 0.486 e. The maximum absolute atomic E-state index is 13.7. The number of amides is 3. The first-order valence-corrected chi connectivity index (χ1v) is 15.2. The molecule has 3 atom stereocenters. The number of carbonyl (C=O) groups is 2. The van der Waals surface area contributed by atoms with Gasteiger partial charge in [-0.25, -0.2) is 13.2 Å². The SMILES string of the molecule is C[C@@H]1CN([C@@H](C)CO)C(=O)c2cccc(NC(=O)Nc3ccc4c(c3)OCO4)c2O[C@H]1CN(C)S(=O)(=O)c1ccccc1. The summed E-state index contributed by atoms with van der Waals surface area (Å²) in [6.45, 7) is 3.59. The van der Waals surface area contributed by atoms with E-state index in [1.54, 1.807) is 66.4 Å². The second kappa shape index (κ2) is 12.5. The fourth-order valence-corrected chi connectivity index (χ4v) is 6.15. The second-order valence-electron chi connectivity index (χ2n) is 10.6. The zero-order valence-corrected chi connectivity index (χ0v) is 24.8. The number of aliphatic hydroxyl groups is 1. The third-order valence-electron chi connectivity index (χ3n) is 7.46. The van der Waals surface area contributed by atoms with Crippen LogP contribution in [0.4, 0.5) is 16.2 Å². The molecule has 3 amide bonds. The number of anilines is 2. The van der Waals surface area contributed by atoms with Crippen molar-refractivity contribution in [2.45, 2.75) is 30.9 Å². The van der Waals surface area contributed by atoms with Crippen LogP contribution in [0.2, 0.25) is 0 Å². The summed E-state index contributed by atoms with van der Waals surface area (Å²) in [6, 6.07) is 16.7. The molecule has 2 aliphatic heterocycles. The summed E-state index contributed by atoms with van der Waals surface area (Å²) in [5, 5.41) is 15.4. The molecule has 0 fully saturated rings. The Morgan fingerprint density at radius 2 is 1.81 bits per heavy atom. The van der Waals surface area contributed by atoms with Crippen LogP contribution < -0.4 is 24.8 Å². The van der Waals surface area contributed by atoms with E-state index in [1.807, 2.05) is 6.92 Å². The Balaban J connectivity index is 1.45. The quantitative estimate of drug-likeness (QED) is 0.351. The fourth-order valence-electron chi connectivity index (χ4n) is 4.94. The topological polar surface area (TPSA) is 147 Å². The molecule has 43 heavy (non-hydrogen) atoms. The number of para-hydroxylation sites is 1. The van der Waals surface area contributed by atoms with Crippen LogP contribution in [0.3, 0.4) is 0 Å². The number of fused-ring (bicyclic) bond motifs is 2. The van der Waals surface area contributed by atoms with Gasteiger partial charge >= 0.3 is 6.03 Å². The van der Waals surface area contributed by atoms with Gasteiger partial charge in [0.1, 0.15) is 6.10 Å². The standard InChI is InChI=1S/C30H34N4O8S/c1-19-15-34(20(2)17-35)29(36)23-10-7-11-24(32-30(37)31-21-12-13-25-26(14-21)41-18-40-25)28(23)42-27(19)16-33(3)43(38,39)22-8-5-4-6-9-22/h4-14,19-20,27,35H,15-18H2,1-3H3,(H2,31,32,37)/t19-,20+,27+/m1/s1. The third-order valence-corrected chi connectivity index (χ3v) is 9.30. The van der Waals surface area contributed by atoms with Gasteiger partial charge in [0.2, 0.25) is 16.8 Å². The first-order valence-electron chi connectivity index (χ1n) is 13.8. The van der Waals surface area contributed by atoms with Gasteiger partial charge in [0.25, 0.3) is 5.91 Å². The molecule has 0 spiro atoms. The molecule has 5 rings (SSSR count). The summed E-state index contributed by atoms with van der Waals surface area (Å²) in [6.07, 6.45) is -0.719. The Morgan fingerprint density at radius 1 is 1.07 bits per heavy atom. The van der Waals surface area contributed by atoms with E-state index in [-0.39, 0.29) is 60.2 Å². The maximum atomic E-state index is 13.7. The Bertz CT molecular complexity index is 1600. The number of likely N-dealkylation sites (N-methyl/N-ethyl adjacent to an activating group) is 1. The average Bonchev–Trinajstić information content (AvgIpc) is 3.47. The molecule has 2 heterocycles. The Hall–Kier alpha value is -4.33. The van der Waals surface area contributed by atoms with E-state index >= 15 is 0 Å². The van der Waals surface area contributed by atoms with Crippen molar-refractivity contribution >= 4 is 33.3 Å². The number of nitrogens with one attached hydrogen (secondary N) is 2. The van der Waals surface area contributed by atoms with Gasteiger partial charge in [-0.05, 0) is 43.3 Å². The Morgan fingerprint density at radius 3 is 2.56 bits per heavy atom. The van der Waals surface area contributed by atoms with Crippen LogP contribution in [0.25, 0.3) is 0 Å². The van der Waals surface area contributed by atoms with E-state index in [1.165, 1.54) is 23.5 Å². The van der Waals surface area contributed by atoms with Crippen molar-refractivity contribution in [3.63, 3.8) is 0 Å². The number of ether oxygens (including phenoxy) is 3. The van der Waals surface area contributed by atoms with Crippen molar-refractivity contribution in [2.75, 3.05) is 44.2 Å². The highest BCUT2D eigenvalue weighted by Crippen LogP contribution is 2.36. The highest BCUT2D eigenvalue weighted by atomic mass is 32.2. The van der Waals surface area contributed by atoms with Crippen LogP contribution >= 0.6 is 0 Å². The molecule has 0 aromatic heterocycles. The van der Waals surface area contributed by atoms with Crippen molar-refractivity contribution < 1.29 is 37.3 Å². The van der Waals surface area contributed by atoms with Crippen LogP contribution in [0.15, 0.2) is 71.6 Å². The van der Waals surface area contributed by atoms with Crippen molar-refractivity contribution in [2.24, 2.45) is 5.92 Å². The number of urea groups is 1. The van der Waals surface area contributed by atoms with E-state index < -0.39 is 28.2 Å². The van der Waals surface area contributed by atoms with E-state index in [0.29, 0.717) is 17.2 Å². The first-order chi connectivity index (χ1) is 20.6. The number of hydrogen-bond donors (Lipinski definition) is 3. The molecule has 0 saturated carbocycles. The molecule has 3 aromatic carbocycles. The minimum atomic E-state index is -3.84. The van der Waals surface area contributed by atoms with Crippen molar-refractivity contribution in [1.82, 2.24) is 9.21 Å². The lowest BCUT2D eigenvalue weighted by molar-refractivity contribution is 0.0389. The summed E-state index contributed by atoms with van der Waals surface area (Å²) in [5.41, 5.74) is 0.847. The minimum Gasteiger partial charge on any atom is -0.486 e. The summed E-state index contributed by atoms with van der Waals surface area (Å²) in [7, 11) is -2.37. The molecule has 228 valence electrons. The number of rotatable bonds is 8. The van der Waals surface area contributed by atoms with Gasteiger partial charge in [-0.2, -0.15) is 4.31 Å². The van der Waals surface area contributed by atoms with Crippen LogP contribution in [-0.2, 0) is 10.0 Å². The predicted octanol–water partition coefficient (Wildman–Crippen LogP) is 3.60. The lowest BCUT2D eigenvalue weighted by Gasteiger charge is -2.38. The molecule has 0 saturated heterocycles. The molecule has 12 nitrogen and oxygen atoms in total. The van der Waals surface area contributed by atoms with Crippen LogP contribution in [0, 0.1) is 5.92 Å². The van der Waals surface area contributed by atoms with Crippen LogP contribution in [-0.4, -0.2) is 80.4 Å². The summed E-state index contributed by atoms with van der Waals surface area (Å²) >= 11 is 0. The Labute approximate surface area is 250 Å². The number of hydrogen-bond acceptors (Lipinski definition) is 8. The molecule has 3 aromatic rings. The zero-order valence-electron chi connectivity index (χ0n) is 24.0. The van der Waals surface area contributed by atoms with Gasteiger partial charge in [0.05, 0.1) is 35.3 Å². The fraction of sp³-hybridized carbons (Fsp3) is 0.333. The molecule has 3 N–H and O–H groups in total. The first kappa shape index (κ1) is 30.1. The predicted molar refractivity (Wildman–Crippen MR) is 159 cm³/mol. The number of carbonyl (C=O) groups excluding carboxylic acids is 2. The number of benzene rings is 3. The van der Waals surface area contributed by atoms with Crippen LogP contribution in [0.5, 0.6) is 17.2 Å². The van der Waals surface area contributed by atoms with E-state index in [0.717, 1.165) is 0 Å². The average molecular weight is 611 g/mol. The van der Waals surface area contributed by atoms with Gasteiger partial charge in [-0.15, -0.1) is 0 Å². The minimum absolute atomic E-state index is 0.0366. The van der Waals surface area contributed by atoms with Crippen molar-refractivity contribution in [3.8, 4) is 17.2 Å². The highest BCUT2D eigenvalue weighted by Gasteiger charge is 2.36. The number of sulfonamides is 1. The molecule has 0 bridgehead atoms. The monoisotopic (exact) mass is 610 g/mol. The molecular weight excluding hydrogens is 576 g/mol. The molecular formula is C30H34N4O8S. The van der Waals surface area contributed by atoms with Gasteiger partial charge in [0.15, 0.2) is 17.2 Å². The van der Waals surface area contributed by atoms with E-state index in [9.17, 15) is 23.1 Å². The normalized spacial score (nSPS) is 18.7. The zero-order chi connectivity index (χ0) is 30.7. The second-order valence-corrected chi connectivity index (χ2v) is 12.6. The molecule has 0 aliphatic carbocycles. The van der Waals surface area contributed by atoms with E-state index in [2.05, 4.69) is 10.6 Å². The number of aliphatic hydroxyl groups excluding tert-OH is 1. The van der Waals surface area contributed by atoms with Crippen LogP contribution in [0.1, 0.15) is 24.2 Å². The molecule has 13 heteroatoms. The summed E-state index contributed by atoms with van der Waals surface area (Å²) in [5.74, 6) is 0.442. The lowest BCUT2D eigenvalue weighted by atomic mass is 9.99. The molecule has 2 aliphatic rings. The Kier molecular flexibility index (Phi) is 8.76. The van der Waals surface area contributed by atoms with Gasteiger partial charge in [-0.3, -0.25) is 4.79 Å². The van der Waals surface area contributed by atoms with Gasteiger partial charge in [0, 0.05) is 31.3 Å². The summed E-state index contributed by atoms with van der Waals surface area (Å²) in [4.78, 5) is 28.5. The lowest BCUT2D eigenvalue weighted by Crippen LogP contribution is -2.50. The van der Waals surface area contributed by atoms with E-state index in [4.69, 9.17) is 14.2 Å². The highest BCUT2D eigenvalue weighted by molar-refractivity contribution is 7.89. The van der Waals surface area contributed by atoms with Crippen molar-refractivity contribution in [3.05, 3.63) is 72.3 Å². The van der Waals surface area contributed by atoms with Gasteiger partial charge in [-0.1, -0.05) is 31.2 Å².